The quantitative estimate of drug-likeness (QED) is 0.706. The molecule has 2 nitrogen and oxygen atoms in total. The molecule has 0 aromatic carbocycles. The average Bonchev–Trinajstić information content (AvgIpc) is 2.02. The molecule has 2 rings (SSSR count). The van der Waals surface area contributed by atoms with Gasteiger partial charge in [-0.3, -0.25) is 0 Å². The van der Waals surface area contributed by atoms with Gasteiger partial charge in [-0.25, -0.2) is 0 Å². The van der Waals surface area contributed by atoms with E-state index < -0.39 is 0 Å². The Morgan fingerprint density at radius 1 is 1.23 bits per heavy atom. The third kappa shape index (κ3) is 2.05. The Morgan fingerprint density at radius 2 is 1.85 bits per heavy atom. The minimum Gasteiger partial charge on any atom is -0.380 e. The van der Waals surface area contributed by atoms with Gasteiger partial charge < -0.3 is 10.1 Å². The van der Waals surface area contributed by atoms with Gasteiger partial charge in [0, 0.05) is 17.5 Å². The standard InChI is InChI=1S/C11H21NO/c1-9(2)12-10-3-5-11(6-4-10)7-13-8-11/h9-10,12H,3-8H2,1-2H3. The summed E-state index contributed by atoms with van der Waals surface area (Å²) in [6.07, 6.45) is 5.44. The van der Waals surface area contributed by atoms with Gasteiger partial charge in [0.15, 0.2) is 0 Å². The Labute approximate surface area is 81.0 Å². The molecule has 1 heterocycles. The molecule has 1 aliphatic carbocycles. The second-order valence-electron chi connectivity index (χ2n) is 5.09. The minimum absolute atomic E-state index is 0.606. The monoisotopic (exact) mass is 183 g/mol. The predicted molar refractivity (Wildman–Crippen MR) is 53.8 cm³/mol. The van der Waals surface area contributed by atoms with E-state index in [1.165, 1.54) is 25.7 Å². The maximum atomic E-state index is 5.31. The normalized spacial score (nSPS) is 27.9. The smallest absolute Gasteiger partial charge is 0.0544 e. The van der Waals surface area contributed by atoms with E-state index in [-0.39, 0.29) is 0 Å². The van der Waals surface area contributed by atoms with E-state index in [2.05, 4.69) is 19.2 Å². The highest BCUT2D eigenvalue weighted by molar-refractivity contribution is 4.92. The van der Waals surface area contributed by atoms with Crippen LogP contribution in [0, 0.1) is 5.41 Å². The van der Waals surface area contributed by atoms with E-state index in [0.717, 1.165) is 19.3 Å². The molecule has 0 radical (unpaired) electrons. The number of rotatable bonds is 2. The molecular weight excluding hydrogens is 162 g/mol. The molecule has 1 N–H and O–H groups in total. The molecule has 76 valence electrons. The van der Waals surface area contributed by atoms with Gasteiger partial charge in [0.25, 0.3) is 0 Å². The largest absolute Gasteiger partial charge is 0.380 e. The Hall–Kier alpha value is -0.0800. The fourth-order valence-electron chi connectivity index (χ4n) is 2.55. The molecule has 1 aliphatic heterocycles. The summed E-state index contributed by atoms with van der Waals surface area (Å²) in [4.78, 5) is 0. The SMILES string of the molecule is CC(C)NC1CCC2(CC1)COC2. The molecule has 1 saturated carbocycles. The Bertz CT molecular complexity index is 165. The van der Waals surface area contributed by atoms with Gasteiger partial charge in [0.05, 0.1) is 13.2 Å². The first kappa shape index (κ1) is 9.47. The summed E-state index contributed by atoms with van der Waals surface area (Å²) in [5.74, 6) is 0. The number of ether oxygens (including phenoxy) is 1. The van der Waals surface area contributed by atoms with Crippen LogP contribution in [0.15, 0.2) is 0 Å². The van der Waals surface area contributed by atoms with Gasteiger partial charge in [0.1, 0.15) is 0 Å². The molecule has 2 aliphatic rings. The first-order valence-corrected chi connectivity index (χ1v) is 5.54. The van der Waals surface area contributed by atoms with Crippen LogP contribution in [-0.4, -0.2) is 25.3 Å². The van der Waals surface area contributed by atoms with Crippen LogP contribution in [0.2, 0.25) is 0 Å². The zero-order valence-electron chi connectivity index (χ0n) is 8.81. The summed E-state index contributed by atoms with van der Waals surface area (Å²) >= 11 is 0. The minimum atomic E-state index is 0.606. The lowest BCUT2D eigenvalue weighted by molar-refractivity contribution is -0.133. The van der Waals surface area contributed by atoms with Crippen molar-refractivity contribution in [3.8, 4) is 0 Å². The molecule has 0 atom stereocenters. The van der Waals surface area contributed by atoms with Crippen molar-refractivity contribution in [1.29, 1.82) is 0 Å². The topological polar surface area (TPSA) is 21.3 Å². The summed E-state index contributed by atoms with van der Waals surface area (Å²) in [7, 11) is 0. The van der Waals surface area contributed by atoms with Gasteiger partial charge >= 0.3 is 0 Å². The maximum Gasteiger partial charge on any atom is 0.0544 e. The molecule has 1 spiro atoms. The van der Waals surface area contributed by atoms with E-state index in [0.29, 0.717) is 11.5 Å². The van der Waals surface area contributed by atoms with E-state index in [1.54, 1.807) is 0 Å². The molecule has 0 bridgehead atoms. The number of nitrogens with one attached hydrogen (secondary N) is 1. The van der Waals surface area contributed by atoms with E-state index in [1.807, 2.05) is 0 Å². The first-order valence-electron chi connectivity index (χ1n) is 5.54. The fourth-order valence-corrected chi connectivity index (χ4v) is 2.55. The predicted octanol–water partition coefficient (Wildman–Crippen LogP) is 1.94. The summed E-state index contributed by atoms with van der Waals surface area (Å²) in [5, 5.41) is 3.63. The average molecular weight is 183 g/mol. The van der Waals surface area contributed by atoms with Crippen molar-refractivity contribution in [1.82, 2.24) is 5.32 Å². The third-order valence-electron chi connectivity index (χ3n) is 3.43. The van der Waals surface area contributed by atoms with E-state index in [9.17, 15) is 0 Å². The Balaban J connectivity index is 1.76. The van der Waals surface area contributed by atoms with Crippen LogP contribution in [0.3, 0.4) is 0 Å². The highest BCUT2D eigenvalue weighted by Gasteiger charge is 2.41. The zero-order valence-corrected chi connectivity index (χ0v) is 8.81. The molecule has 2 fully saturated rings. The molecular formula is C11H21NO. The van der Waals surface area contributed by atoms with E-state index in [4.69, 9.17) is 4.74 Å². The lowest BCUT2D eigenvalue weighted by atomic mass is 9.71. The van der Waals surface area contributed by atoms with Gasteiger partial charge in [-0.05, 0) is 25.7 Å². The van der Waals surface area contributed by atoms with Crippen molar-refractivity contribution in [3.05, 3.63) is 0 Å². The summed E-state index contributed by atoms with van der Waals surface area (Å²) in [6, 6.07) is 1.41. The van der Waals surface area contributed by atoms with Gasteiger partial charge in [-0.1, -0.05) is 13.8 Å². The molecule has 0 aromatic rings. The van der Waals surface area contributed by atoms with Crippen molar-refractivity contribution in [2.45, 2.75) is 51.6 Å². The molecule has 0 unspecified atom stereocenters. The van der Waals surface area contributed by atoms with Crippen molar-refractivity contribution in [3.63, 3.8) is 0 Å². The van der Waals surface area contributed by atoms with Gasteiger partial charge in [-0.15, -0.1) is 0 Å². The molecule has 13 heavy (non-hydrogen) atoms. The third-order valence-corrected chi connectivity index (χ3v) is 3.43. The fraction of sp³-hybridized carbons (Fsp3) is 1.00. The van der Waals surface area contributed by atoms with Crippen LogP contribution in [-0.2, 0) is 4.74 Å². The van der Waals surface area contributed by atoms with Crippen molar-refractivity contribution in [2.24, 2.45) is 5.41 Å². The second kappa shape index (κ2) is 3.58. The van der Waals surface area contributed by atoms with Crippen molar-refractivity contribution >= 4 is 0 Å². The van der Waals surface area contributed by atoms with Crippen molar-refractivity contribution < 1.29 is 4.74 Å². The van der Waals surface area contributed by atoms with Crippen LogP contribution in [0.1, 0.15) is 39.5 Å². The van der Waals surface area contributed by atoms with Crippen LogP contribution >= 0.6 is 0 Å². The summed E-state index contributed by atoms with van der Waals surface area (Å²) < 4.78 is 5.31. The van der Waals surface area contributed by atoms with Crippen LogP contribution in [0.25, 0.3) is 0 Å². The zero-order chi connectivity index (χ0) is 9.31. The molecule has 0 aromatic heterocycles. The number of hydrogen-bond donors (Lipinski definition) is 1. The highest BCUT2D eigenvalue weighted by atomic mass is 16.5. The highest BCUT2D eigenvalue weighted by Crippen LogP contribution is 2.42. The lowest BCUT2D eigenvalue weighted by Crippen LogP contribution is -2.49. The maximum absolute atomic E-state index is 5.31. The second-order valence-corrected chi connectivity index (χ2v) is 5.09. The van der Waals surface area contributed by atoms with E-state index >= 15 is 0 Å². The summed E-state index contributed by atoms with van der Waals surface area (Å²) in [6.45, 7) is 6.52. The lowest BCUT2D eigenvalue weighted by Gasteiger charge is -2.46. The Kier molecular flexibility index (Phi) is 2.61. The molecule has 0 amide bonds. The van der Waals surface area contributed by atoms with Crippen LogP contribution < -0.4 is 5.32 Å². The Morgan fingerprint density at radius 3 is 2.23 bits per heavy atom. The first-order chi connectivity index (χ1) is 6.20. The van der Waals surface area contributed by atoms with Gasteiger partial charge in [-0.2, -0.15) is 0 Å². The van der Waals surface area contributed by atoms with Crippen LogP contribution in [0.5, 0.6) is 0 Å². The molecule has 1 saturated heterocycles. The summed E-state index contributed by atoms with van der Waals surface area (Å²) in [5.41, 5.74) is 0.606. The van der Waals surface area contributed by atoms with Gasteiger partial charge in [0.2, 0.25) is 0 Å². The number of hydrogen-bond acceptors (Lipinski definition) is 2. The van der Waals surface area contributed by atoms with Crippen molar-refractivity contribution in [2.75, 3.05) is 13.2 Å². The molecule has 2 heteroatoms. The van der Waals surface area contributed by atoms with Crippen LogP contribution in [0.4, 0.5) is 0 Å².